The van der Waals surface area contributed by atoms with Crippen LogP contribution in [0.2, 0.25) is 0 Å². The summed E-state index contributed by atoms with van der Waals surface area (Å²) in [6, 6.07) is 20.9. The second-order valence-electron chi connectivity index (χ2n) is 8.94. The smallest absolute Gasteiger partial charge is 0.411 e. The van der Waals surface area contributed by atoms with Crippen molar-refractivity contribution in [2.75, 3.05) is 6.54 Å². The van der Waals surface area contributed by atoms with Crippen molar-refractivity contribution in [1.82, 2.24) is 9.47 Å². The summed E-state index contributed by atoms with van der Waals surface area (Å²) >= 11 is 0. The first-order valence-electron chi connectivity index (χ1n) is 11.5. The third-order valence-corrected chi connectivity index (χ3v) is 6.70. The number of aryl methyl sites for hydroxylation is 1. The second kappa shape index (κ2) is 9.83. The van der Waals surface area contributed by atoms with E-state index in [0.717, 1.165) is 22.3 Å². The Morgan fingerprint density at radius 1 is 1.03 bits per heavy atom. The molecule has 178 valence electrons. The summed E-state index contributed by atoms with van der Waals surface area (Å²) in [4.78, 5) is 26.6. The number of nitrogens with two attached hydrogens (primary N) is 1. The molecule has 1 aliphatic heterocycles. The van der Waals surface area contributed by atoms with Gasteiger partial charge in [-0.05, 0) is 48.1 Å². The molecule has 0 spiro atoms. The zero-order valence-electron chi connectivity index (χ0n) is 19.6. The third-order valence-electron chi connectivity index (χ3n) is 6.70. The average Bonchev–Trinajstić information content (AvgIpc) is 2.85. The minimum absolute atomic E-state index is 0.0508. The van der Waals surface area contributed by atoms with Crippen LogP contribution in [0.25, 0.3) is 11.1 Å². The SMILES string of the molecule is C[C@@H](c1ccc(-c2ccc(=O)n(C)c2)cc1)N1CC[C@](CCC(N)O)(c2ccccc2)OC1=O. The van der Waals surface area contributed by atoms with Crippen molar-refractivity contribution in [2.24, 2.45) is 12.8 Å². The lowest BCUT2D eigenvalue weighted by Gasteiger charge is -2.43. The predicted molar refractivity (Wildman–Crippen MR) is 131 cm³/mol. The molecule has 0 aliphatic carbocycles. The van der Waals surface area contributed by atoms with Crippen LogP contribution in [0.5, 0.6) is 0 Å². The first-order chi connectivity index (χ1) is 16.3. The minimum Gasteiger partial charge on any atom is -0.438 e. The molecule has 1 amide bonds. The highest BCUT2D eigenvalue weighted by Crippen LogP contribution is 2.40. The molecule has 3 aromatic rings. The summed E-state index contributed by atoms with van der Waals surface area (Å²) in [5.74, 6) is 0. The summed E-state index contributed by atoms with van der Waals surface area (Å²) in [5.41, 5.74) is 8.60. The van der Waals surface area contributed by atoms with Gasteiger partial charge in [-0.2, -0.15) is 0 Å². The van der Waals surface area contributed by atoms with Gasteiger partial charge in [-0.25, -0.2) is 4.79 Å². The van der Waals surface area contributed by atoms with Gasteiger partial charge in [0.05, 0.1) is 6.04 Å². The molecule has 3 atom stereocenters. The van der Waals surface area contributed by atoms with Gasteiger partial charge in [-0.15, -0.1) is 0 Å². The van der Waals surface area contributed by atoms with E-state index in [0.29, 0.717) is 25.8 Å². The number of amides is 1. The van der Waals surface area contributed by atoms with Crippen molar-refractivity contribution in [3.63, 3.8) is 0 Å². The van der Waals surface area contributed by atoms with Gasteiger partial charge in [0.25, 0.3) is 0 Å². The fraction of sp³-hybridized carbons (Fsp3) is 0.333. The van der Waals surface area contributed by atoms with Gasteiger partial charge in [0.2, 0.25) is 5.56 Å². The molecule has 7 heteroatoms. The van der Waals surface area contributed by atoms with E-state index in [1.165, 1.54) is 0 Å². The van der Waals surface area contributed by atoms with Gasteiger partial charge in [-0.3, -0.25) is 4.79 Å². The molecule has 4 rings (SSSR count). The molecule has 1 fully saturated rings. The van der Waals surface area contributed by atoms with Gasteiger partial charge in [0, 0.05) is 32.3 Å². The first kappa shape index (κ1) is 23.7. The van der Waals surface area contributed by atoms with E-state index in [2.05, 4.69) is 0 Å². The molecule has 3 N–H and O–H groups in total. The monoisotopic (exact) mass is 461 g/mol. The number of benzene rings is 2. The summed E-state index contributed by atoms with van der Waals surface area (Å²) < 4.78 is 7.62. The van der Waals surface area contributed by atoms with Crippen LogP contribution in [-0.2, 0) is 17.4 Å². The number of hydrogen-bond acceptors (Lipinski definition) is 5. The molecule has 2 heterocycles. The number of carbonyl (C=O) groups is 1. The highest BCUT2D eigenvalue weighted by Gasteiger charge is 2.43. The summed E-state index contributed by atoms with van der Waals surface area (Å²) in [6.07, 6.45) is 1.87. The van der Waals surface area contributed by atoms with Crippen LogP contribution < -0.4 is 11.3 Å². The minimum atomic E-state index is -0.957. The Kier molecular flexibility index (Phi) is 6.86. The standard InChI is InChI=1S/C27H31N3O4/c1-19(20-8-10-21(11-9-20)22-12-13-25(32)29(2)18-22)30-17-16-27(34-26(30)33,15-14-24(28)31)23-6-4-3-5-7-23/h3-13,18-19,24,31H,14-17,28H2,1-2H3/t19-,24?,27+/m0/s1. The number of nitrogens with zero attached hydrogens (tertiary/aromatic N) is 2. The average molecular weight is 462 g/mol. The van der Waals surface area contributed by atoms with Crippen molar-refractivity contribution in [1.29, 1.82) is 0 Å². The molecule has 1 saturated heterocycles. The van der Waals surface area contributed by atoms with E-state index in [4.69, 9.17) is 10.5 Å². The number of cyclic esters (lactones) is 1. The Bertz CT molecular complexity index is 1190. The highest BCUT2D eigenvalue weighted by molar-refractivity contribution is 5.70. The Labute approximate surface area is 199 Å². The molecular formula is C27H31N3O4. The van der Waals surface area contributed by atoms with E-state index < -0.39 is 11.8 Å². The van der Waals surface area contributed by atoms with Crippen LogP contribution in [0.15, 0.2) is 77.7 Å². The fourth-order valence-corrected chi connectivity index (χ4v) is 4.57. The zero-order valence-corrected chi connectivity index (χ0v) is 19.6. The van der Waals surface area contributed by atoms with Gasteiger partial charge >= 0.3 is 6.09 Å². The number of ether oxygens (including phenoxy) is 1. The highest BCUT2D eigenvalue weighted by atomic mass is 16.6. The Morgan fingerprint density at radius 2 is 1.71 bits per heavy atom. The van der Waals surface area contributed by atoms with E-state index in [9.17, 15) is 14.7 Å². The molecule has 0 radical (unpaired) electrons. The molecule has 0 bridgehead atoms. The number of aliphatic hydroxyl groups excluding tert-OH is 1. The Balaban J connectivity index is 1.51. The van der Waals surface area contributed by atoms with E-state index in [1.54, 1.807) is 22.6 Å². The van der Waals surface area contributed by atoms with Crippen LogP contribution in [0, 0.1) is 0 Å². The molecule has 2 aromatic carbocycles. The summed E-state index contributed by atoms with van der Waals surface area (Å²) in [7, 11) is 1.73. The molecule has 1 unspecified atom stereocenters. The Hall–Kier alpha value is -3.42. The molecule has 7 nitrogen and oxygen atoms in total. The molecule has 1 aromatic heterocycles. The number of hydrogen-bond donors (Lipinski definition) is 2. The number of pyridine rings is 1. The normalized spacial score (nSPS) is 20.0. The first-order valence-corrected chi connectivity index (χ1v) is 11.5. The number of aromatic nitrogens is 1. The van der Waals surface area contributed by atoms with Gasteiger partial charge in [0.1, 0.15) is 11.8 Å². The van der Waals surface area contributed by atoms with Crippen molar-refractivity contribution < 1.29 is 14.6 Å². The largest absolute Gasteiger partial charge is 0.438 e. The molecular weight excluding hydrogens is 430 g/mol. The van der Waals surface area contributed by atoms with Crippen LogP contribution >= 0.6 is 0 Å². The maximum atomic E-state index is 13.2. The van der Waals surface area contributed by atoms with E-state index in [1.807, 2.05) is 73.8 Å². The van der Waals surface area contributed by atoms with Crippen molar-refractivity contribution in [3.8, 4) is 11.1 Å². The molecule has 34 heavy (non-hydrogen) atoms. The quantitative estimate of drug-likeness (QED) is 0.520. The predicted octanol–water partition coefficient (Wildman–Crippen LogP) is 3.91. The van der Waals surface area contributed by atoms with Gasteiger partial charge in [0.15, 0.2) is 0 Å². The number of rotatable bonds is 7. The lowest BCUT2D eigenvalue weighted by Crippen LogP contribution is -2.49. The molecule has 1 aliphatic rings. The maximum absolute atomic E-state index is 13.2. The lowest BCUT2D eigenvalue weighted by molar-refractivity contribution is -0.0709. The van der Waals surface area contributed by atoms with Crippen LogP contribution in [0.1, 0.15) is 43.4 Å². The number of carbonyl (C=O) groups excluding carboxylic acids is 1. The second-order valence-corrected chi connectivity index (χ2v) is 8.94. The van der Waals surface area contributed by atoms with Gasteiger partial charge in [-0.1, -0.05) is 54.6 Å². The van der Waals surface area contributed by atoms with E-state index in [-0.39, 0.29) is 17.7 Å². The fourth-order valence-electron chi connectivity index (χ4n) is 4.57. The number of aliphatic hydroxyl groups is 1. The summed E-state index contributed by atoms with van der Waals surface area (Å²) in [5, 5.41) is 9.64. The third kappa shape index (κ3) is 4.90. The van der Waals surface area contributed by atoms with Crippen LogP contribution in [-0.4, -0.2) is 33.4 Å². The zero-order chi connectivity index (χ0) is 24.3. The van der Waals surface area contributed by atoms with E-state index >= 15 is 0 Å². The van der Waals surface area contributed by atoms with Crippen LogP contribution in [0.3, 0.4) is 0 Å². The van der Waals surface area contributed by atoms with Crippen molar-refractivity contribution >= 4 is 6.09 Å². The topological polar surface area (TPSA) is 97.8 Å². The van der Waals surface area contributed by atoms with Crippen LogP contribution in [0.4, 0.5) is 4.79 Å². The maximum Gasteiger partial charge on any atom is 0.411 e. The van der Waals surface area contributed by atoms with Crippen molar-refractivity contribution in [2.45, 2.75) is 44.1 Å². The van der Waals surface area contributed by atoms with Crippen molar-refractivity contribution in [3.05, 3.63) is 94.4 Å². The Morgan fingerprint density at radius 3 is 2.32 bits per heavy atom. The van der Waals surface area contributed by atoms with Gasteiger partial charge < -0.3 is 25.0 Å². The lowest BCUT2D eigenvalue weighted by atomic mass is 9.84. The summed E-state index contributed by atoms with van der Waals surface area (Å²) in [6.45, 7) is 2.51. The molecule has 0 saturated carbocycles.